The number of carbonyl (C=O) groups excluding carboxylic acids is 1. The number of aromatic nitrogens is 1. The van der Waals surface area contributed by atoms with Gasteiger partial charge in [-0.05, 0) is 63.3 Å². The van der Waals surface area contributed by atoms with Gasteiger partial charge in [0.15, 0.2) is 0 Å². The predicted octanol–water partition coefficient (Wildman–Crippen LogP) is 1.80. The number of rotatable bonds is 13. The lowest BCUT2D eigenvalue weighted by Gasteiger charge is -2.19. The van der Waals surface area contributed by atoms with E-state index in [0.29, 0.717) is 17.5 Å². The Morgan fingerprint density at radius 3 is 2.57 bits per heavy atom. The fraction of sp³-hybridized carbons (Fsp3) is 0.480. The number of amides is 1. The van der Waals surface area contributed by atoms with Crippen molar-refractivity contribution in [3.05, 3.63) is 53.2 Å². The van der Waals surface area contributed by atoms with Gasteiger partial charge in [0.2, 0.25) is 15.9 Å². The number of pyridine rings is 1. The molecule has 1 aromatic heterocycles. The molecule has 0 saturated carbocycles. The molecular weight excluding hydrogens is 498 g/mol. The maximum absolute atomic E-state index is 12.9. The molecule has 202 valence electrons. The summed E-state index contributed by atoms with van der Waals surface area (Å²) in [6.45, 7) is 5.54. The fourth-order valence-corrected chi connectivity index (χ4v) is 6.04. The van der Waals surface area contributed by atoms with E-state index in [1.165, 1.54) is 0 Å². The Morgan fingerprint density at radius 2 is 1.92 bits per heavy atom. The summed E-state index contributed by atoms with van der Waals surface area (Å²) in [7, 11) is -4.12. The molecule has 1 aromatic carbocycles. The van der Waals surface area contributed by atoms with Crippen LogP contribution in [-0.2, 0) is 24.4 Å². The highest BCUT2D eigenvalue weighted by atomic mass is 32.2. The molecule has 5 N–H and O–H groups in total. The van der Waals surface area contributed by atoms with Gasteiger partial charge in [0.1, 0.15) is 17.9 Å². The number of unbranched alkanes of at least 4 members (excludes halogenated alkanes) is 1. The standard InChI is InChI=1S/C25H35N5O6S/c1-16-12-17(2)23(18(3)13-16)37(34,35)30-21(25(32)33)15-28-24(31)20-14-19(36-29-20)8-4-6-10-26-22-9-5-7-11-27-22/h5,7,9,11-13,19-21,29-30H,4,6,8,10,14-15H2,1-3H3,(H,26,27)(H,28,31)(H,32,33). The highest BCUT2D eigenvalue weighted by Crippen LogP contribution is 2.22. The van der Waals surface area contributed by atoms with E-state index in [1.807, 2.05) is 25.1 Å². The molecule has 3 atom stereocenters. The van der Waals surface area contributed by atoms with Crippen molar-refractivity contribution < 1.29 is 28.0 Å². The fourth-order valence-electron chi connectivity index (χ4n) is 4.40. The van der Waals surface area contributed by atoms with Gasteiger partial charge in [-0.3, -0.25) is 14.4 Å². The molecule has 3 unspecified atom stereocenters. The number of carbonyl (C=O) groups is 2. The van der Waals surface area contributed by atoms with Crippen LogP contribution >= 0.6 is 0 Å². The van der Waals surface area contributed by atoms with Crippen LogP contribution < -0.4 is 20.8 Å². The monoisotopic (exact) mass is 533 g/mol. The molecule has 12 heteroatoms. The summed E-state index contributed by atoms with van der Waals surface area (Å²) in [6.07, 6.45) is 4.57. The van der Waals surface area contributed by atoms with Gasteiger partial charge in [-0.2, -0.15) is 10.2 Å². The number of carboxylic acid groups (broad SMARTS) is 1. The summed E-state index contributed by atoms with van der Waals surface area (Å²) in [5.74, 6) is -1.02. The van der Waals surface area contributed by atoms with Crippen molar-refractivity contribution >= 4 is 27.7 Å². The summed E-state index contributed by atoms with van der Waals surface area (Å²) in [5.41, 5.74) is 4.64. The van der Waals surface area contributed by atoms with E-state index < -0.39 is 40.5 Å². The van der Waals surface area contributed by atoms with E-state index in [1.54, 1.807) is 32.2 Å². The Balaban J connectivity index is 1.44. The van der Waals surface area contributed by atoms with E-state index in [0.717, 1.165) is 37.2 Å². The van der Waals surface area contributed by atoms with E-state index >= 15 is 0 Å². The molecule has 0 aliphatic carbocycles. The van der Waals surface area contributed by atoms with Gasteiger partial charge in [-0.1, -0.05) is 23.8 Å². The first kappa shape index (κ1) is 28.5. The van der Waals surface area contributed by atoms with Crippen LogP contribution in [0.3, 0.4) is 0 Å². The maximum atomic E-state index is 12.9. The SMILES string of the molecule is Cc1cc(C)c(S(=O)(=O)NC(CNC(=O)C2CC(CCCCNc3ccccn3)ON2)C(=O)O)c(C)c1. The third kappa shape index (κ3) is 8.22. The van der Waals surface area contributed by atoms with Crippen LogP contribution in [0, 0.1) is 20.8 Å². The van der Waals surface area contributed by atoms with E-state index in [-0.39, 0.29) is 11.0 Å². The number of hydroxylamine groups is 1. The molecule has 1 aliphatic rings. The zero-order chi connectivity index (χ0) is 27.0. The number of aryl methyl sites for hydroxylation is 3. The molecule has 3 rings (SSSR count). The van der Waals surface area contributed by atoms with E-state index in [4.69, 9.17) is 4.84 Å². The van der Waals surface area contributed by atoms with E-state index in [2.05, 4.69) is 25.8 Å². The van der Waals surface area contributed by atoms with Crippen molar-refractivity contribution in [3.63, 3.8) is 0 Å². The summed E-state index contributed by atoms with van der Waals surface area (Å²) in [5, 5.41) is 15.3. The normalized spacial score (nSPS) is 18.4. The number of hydrogen-bond donors (Lipinski definition) is 5. The second-order valence-corrected chi connectivity index (χ2v) is 10.9. The first-order valence-electron chi connectivity index (χ1n) is 12.2. The third-order valence-electron chi connectivity index (χ3n) is 6.07. The molecule has 1 fully saturated rings. The van der Waals surface area contributed by atoms with Gasteiger partial charge in [-0.15, -0.1) is 0 Å². The van der Waals surface area contributed by atoms with Crippen LogP contribution in [0.4, 0.5) is 5.82 Å². The van der Waals surface area contributed by atoms with Gasteiger partial charge >= 0.3 is 5.97 Å². The Kier molecular flexibility index (Phi) is 9.98. The second kappa shape index (κ2) is 13.0. The van der Waals surface area contributed by atoms with Crippen LogP contribution in [0.25, 0.3) is 0 Å². The number of sulfonamides is 1. The molecule has 1 aliphatic heterocycles. The molecule has 0 spiro atoms. The zero-order valence-electron chi connectivity index (χ0n) is 21.3. The number of anilines is 1. The van der Waals surface area contributed by atoms with Gasteiger partial charge < -0.3 is 15.7 Å². The highest BCUT2D eigenvalue weighted by Gasteiger charge is 2.32. The average molecular weight is 534 g/mol. The van der Waals surface area contributed by atoms with Crippen molar-refractivity contribution in [1.82, 2.24) is 20.5 Å². The highest BCUT2D eigenvalue weighted by molar-refractivity contribution is 7.89. The van der Waals surface area contributed by atoms with Gasteiger partial charge in [0.05, 0.1) is 11.0 Å². The predicted molar refractivity (Wildman–Crippen MR) is 138 cm³/mol. The molecule has 0 radical (unpaired) electrons. The minimum absolute atomic E-state index is 0.0413. The summed E-state index contributed by atoms with van der Waals surface area (Å²) in [6, 6.07) is 6.94. The Morgan fingerprint density at radius 1 is 1.19 bits per heavy atom. The Hall–Kier alpha value is -3.06. The second-order valence-electron chi connectivity index (χ2n) is 9.27. The van der Waals surface area contributed by atoms with Crippen molar-refractivity contribution in [3.8, 4) is 0 Å². The molecule has 1 saturated heterocycles. The van der Waals surface area contributed by atoms with Gasteiger partial charge in [0, 0.05) is 25.7 Å². The first-order valence-corrected chi connectivity index (χ1v) is 13.7. The molecule has 0 bridgehead atoms. The summed E-state index contributed by atoms with van der Waals surface area (Å²) >= 11 is 0. The van der Waals surface area contributed by atoms with Crippen molar-refractivity contribution in [2.45, 2.75) is 69.5 Å². The number of hydrogen-bond acceptors (Lipinski definition) is 8. The van der Waals surface area contributed by atoms with Gasteiger partial charge in [-0.25, -0.2) is 13.4 Å². The number of nitrogens with zero attached hydrogens (tertiary/aromatic N) is 1. The smallest absolute Gasteiger partial charge is 0.323 e. The quantitative estimate of drug-likeness (QED) is 0.242. The average Bonchev–Trinajstić information content (AvgIpc) is 3.30. The lowest BCUT2D eigenvalue weighted by Crippen LogP contribution is -2.51. The topological polar surface area (TPSA) is 159 Å². The Bertz CT molecular complexity index is 1170. The first-order chi connectivity index (χ1) is 17.6. The van der Waals surface area contributed by atoms with Crippen LogP contribution in [-0.4, -0.2) is 61.7 Å². The maximum Gasteiger partial charge on any atom is 0.323 e. The van der Waals surface area contributed by atoms with E-state index in [9.17, 15) is 23.1 Å². The Labute approximate surface area is 217 Å². The number of aliphatic carboxylic acids is 1. The largest absolute Gasteiger partial charge is 0.480 e. The van der Waals surface area contributed by atoms with Crippen molar-refractivity contribution in [2.75, 3.05) is 18.4 Å². The molecule has 2 heterocycles. The summed E-state index contributed by atoms with van der Waals surface area (Å²) < 4.78 is 28.1. The summed E-state index contributed by atoms with van der Waals surface area (Å²) in [4.78, 5) is 34.1. The number of carboxylic acids is 1. The molecular formula is C25H35N5O6S. The van der Waals surface area contributed by atoms with Crippen LogP contribution in [0.15, 0.2) is 41.4 Å². The minimum atomic E-state index is -4.12. The molecule has 11 nitrogen and oxygen atoms in total. The van der Waals surface area contributed by atoms with Crippen molar-refractivity contribution in [1.29, 1.82) is 0 Å². The van der Waals surface area contributed by atoms with Crippen molar-refractivity contribution in [2.24, 2.45) is 0 Å². The lowest BCUT2D eigenvalue weighted by molar-refractivity contribution is -0.139. The lowest BCUT2D eigenvalue weighted by atomic mass is 10.1. The third-order valence-corrected chi connectivity index (χ3v) is 7.84. The van der Waals surface area contributed by atoms with Crippen LogP contribution in [0.1, 0.15) is 42.4 Å². The molecule has 37 heavy (non-hydrogen) atoms. The van der Waals surface area contributed by atoms with Crippen LogP contribution in [0.2, 0.25) is 0 Å². The molecule has 2 aromatic rings. The zero-order valence-corrected chi connectivity index (χ0v) is 22.1. The minimum Gasteiger partial charge on any atom is -0.480 e. The number of benzene rings is 1. The van der Waals surface area contributed by atoms with Gasteiger partial charge in [0.25, 0.3) is 0 Å². The molecule has 1 amide bonds. The van der Waals surface area contributed by atoms with Crippen LogP contribution in [0.5, 0.6) is 0 Å². The number of nitrogens with one attached hydrogen (secondary N) is 4.